The average Bonchev–Trinajstić information content (AvgIpc) is 3.00. The molecule has 0 radical (unpaired) electrons. The zero-order chi connectivity index (χ0) is 24.6. The largest absolute Gasteiger partial charge is 0.467 e. The minimum absolute atomic E-state index is 0.214. The number of nitrogens with zero attached hydrogens (tertiary/aromatic N) is 2. The van der Waals surface area contributed by atoms with Gasteiger partial charge in [0.2, 0.25) is 10.0 Å². The average molecular weight is 483 g/mol. The highest BCUT2D eigenvalue weighted by atomic mass is 32.2. The fraction of sp³-hybridized carbons (Fsp3) is 0.238. The molecule has 1 N–H and O–H groups in total. The first-order valence-electron chi connectivity index (χ1n) is 9.47. The Bertz CT molecular complexity index is 1330. The van der Waals surface area contributed by atoms with Crippen molar-refractivity contribution in [3.63, 3.8) is 0 Å². The van der Waals surface area contributed by atoms with Crippen LogP contribution in [0.3, 0.4) is 0 Å². The first-order valence-corrected chi connectivity index (χ1v) is 11.0. The fourth-order valence-electron chi connectivity index (χ4n) is 3.52. The minimum Gasteiger partial charge on any atom is -0.467 e. The number of sulfonamides is 1. The molecule has 1 heterocycles. The summed E-state index contributed by atoms with van der Waals surface area (Å²) < 4.78 is 77.7. The SMILES string of the molecule is COC(=O)[C@](NS(=O)(=O)c1ccccc1)(c1c(C)n(C)n(-c2ccccc2)c1=O)C(F)(F)F. The highest BCUT2D eigenvalue weighted by Gasteiger charge is 2.67. The zero-order valence-electron chi connectivity index (χ0n) is 17.8. The molecule has 2 aromatic carbocycles. The molecule has 0 aliphatic carbocycles. The highest BCUT2D eigenvalue weighted by molar-refractivity contribution is 7.89. The third-order valence-corrected chi connectivity index (χ3v) is 6.65. The highest BCUT2D eigenvalue weighted by Crippen LogP contribution is 2.41. The number of hydrogen-bond acceptors (Lipinski definition) is 5. The van der Waals surface area contributed by atoms with Crippen molar-refractivity contribution in [3.05, 3.63) is 82.3 Å². The van der Waals surface area contributed by atoms with Crippen LogP contribution in [0.25, 0.3) is 5.69 Å². The van der Waals surface area contributed by atoms with E-state index in [9.17, 15) is 31.2 Å². The summed E-state index contributed by atoms with van der Waals surface area (Å²) in [7, 11) is -2.94. The summed E-state index contributed by atoms with van der Waals surface area (Å²) >= 11 is 0. The number of aromatic nitrogens is 2. The number of rotatable bonds is 6. The summed E-state index contributed by atoms with van der Waals surface area (Å²) in [5, 5.41) is 0. The minimum atomic E-state index is -5.58. The molecule has 3 rings (SSSR count). The number of nitrogens with one attached hydrogen (secondary N) is 1. The predicted octanol–water partition coefficient (Wildman–Crippen LogP) is 2.39. The fourth-order valence-corrected chi connectivity index (χ4v) is 4.86. The van der Waals surface area contributed by atoms with Crippen molar-refractivity contribution >= 4 is 16.0 Å². The van der Waals surface area contributed by atoms with E-state index in [4.69, 9.17) is 0 Å². The van der Waals surface area contributed by atoms with Crippen molar-refractivity contribution in [2.75, 3.05) is 7.11 Å². The molecule has 176 valence electrons. The third kappa shape index (κ3) is 3.95. The number of ether oxygens (including phenoxy) is 1. The quantitative estimate of drug-likeness (QED) is 0.543. The number of esters is 1. The molecule has 33 heavy (non-hydrogen) atoms. The maximum atomic E-state index is 14.7. The van der Waals surface area contributed by atoms with Crippen LogP contribution in [-0.4, -0.2) is 37.0 Å². The van der Waals surface area contributed by atoms with E-state index >= 15 is 0 Å². The van der Waals surface area contributed by atoms with Gasteiger partial charge in [-0.1, -0.05) is 36.4 Å². The third-order valence-electron chi connectivity index (χ3n) is 5.19. The van der Waals surface area contributed by atoms with Crippen LogP contribution in [0.5, 0.6) is 0 Å². The molecule has 0 fully saturated rings. The summed E-state index contributed by atoms with van der Waals surface area (Å²) in [6.45, 7) is 1.18. The summed E-state index contributed by atoms with van der Waals surface area (Å²) in [6.07, 6.45) is -5.58. The van der Waals surface area contributed by atoms with Crippen LogP contribution < -0.4 is 10.3 Å². The Hall–Kier alpha value is -3.38. The molecule has 0 aliphatic heterocycles. The van der Waals surface area contributed by atoms with Crippen molar-refractivity contribution in [1.29, 1.82) is 0 Å². The van der Waals surface area contributed by atoms with Crippen molar-refractivity contribution in [2.24, 2.45) is 7.05 Å². The van der Waals surface area contributed by atoms with Crippen LogP contribution in [0.15, 0.2) is 70.4 Å². The van der Waals surface area contributed by atoms with Gasteiger partial charge in [-0.05, 0) is 31.2 Å². The van der Waals surface area contributed by atoms with Crippen LogP contribution >= 0.6 is 0 Å². The molecule has 0 amide bonds. The lowest BCUT2D eigenvalue weighted by molar-refractivity contribution is -0.211. The lowest BCUT2D eigenvalue weighted by Gasteiger charge is -2.32. The van der Waals surface area contributed by atoms with E-state index < -0.39 is 43.7 Å². The number of para-hydroxylation sites is 1. The van der Waals surface area contributed by atoms with Gasteiger partial charge in [-0.15, -0.1) is 0 Å². The van der Waals surface area contributed by atoms with Crippen molar-refractivity contribution in [3.8, 4) is 5.69 Å². The summed E-state index contributed by atoms with van der Waals surface area (Å²) in [5.41, 5.74) is -6.43. The number of alkyl halides is 3. The normalized spacial score (nSPS) is 14.0. The monoisotopic (exact) mass is 483 g/mol. The zero-order valence-corrected chi connectivity index (χ0v) is 18.6. The number of halogens is 3. The number of benzene rings is 2. The summed E-state index contributed by atoms with van der Waals surface area (Å²) in [4.78, 5) is 25.5. The van der Waals surface area contributed by atoms with Crippen molar-refractivity contribution < 1.29 is 31.1 Å². The van der Waals surface area contributed by atoms with E-state index in [0.29, 0.717) is 7.11 Å². The molecule has 0 bridgehead atoms. The molecule has 0 unspecified atom stereocenters. The number of methoxy groups -OCH3 is 1. The standard InChI is InChI=1S/C21H20F3N3O5S/c1-14-17(18(28)27(26(14)2)15-10-6-4-7-11-15)20(19(29)32-3,21(22,23)24)25-33(30,31)16-12-8-5-9-13-16/h4-13,25H,1-3H3/t20-/m1/s1. The van der Waals surface area contributed by atoms with E-state index in [0.717, 1.165) is 21.5 Å². The molecule has 0 aliphatic rings. The van der Waals surface area contributed by atoms with Gasteiger partial charge in [-0.3, -0.25) is 9.48 Å². The number of carbonyl (C=O) groups excluding carboxylic acids is 1. The molecule has 3 aromatic rings. The van der Waals surface area contributed by atoms with E-state index in [-0.39, 0.29) is 11.4 Å². The number of hydrogen-bond donors (Lipinski definition) is 1. The second kappa shape index (κ2) is 8.52. The Morgan fingerprint density at radius 3 is 2.00 bits per heavy atom. The van der Waals surface area contributed by atoms with Gasteiger partial charge in [0, 0.05) is 12.7 Å². The lowest BCUT2D eigenvalue weighted by atomic mass is 9.90. The first-order chi connectivity index (χ1) is 15.4. The summed E-state index contributed by atoms with van der Waals surface area (Å²) in [5.74, 6) is -2.00. The van der Waals surface area contributed by atoms with Crippen LogP contribution in [0.4, 0.5) is 13.2 Å². The number of carbonyl (C=O) groups is 1. The van der Waals surface area contributed by atoms with Crippen LogP contribution in [0.1, 0.15) is 11.3 Å². The molecule has 1 atom stereocenters. The Morgan fingerprint density at radius 1 is 1.00 bits per heavy atom. The smallest absolute Gasteiger partial charge is 0.422 e. The summed E-state index contributed by atoms with van der Waals surface area (Å²) in [6, 6.07) is 13.9. The van der Waals surface area contributed by atoms with E-state index in [2.05, 4.69) is 4.74 Å². The van der Waals surface area contributed by atoms with Gasteiger partial charge in [-0.2, -0.15) is 17.9 Å². The topological polar surface area (TPSA) is 99.4 Å². The molecule has 0 spiro atoms. The van der Waals surface area contributed by atoms with Gasteiger partial charge in [0.05, 0.1) is 23.3 Å². The van der Waals surface area contributed by atoms with Crippen LogP contribution in [0.2, 0.25) is 0 Å². The Balaban J connectivity index is 2.40. The van der Waals surface area contributed by atoms with Gasteiger partial charge in [0.25, 0.3) is 11.1 Å². The maximum absolute atomic E-state index is 14.7. The lowest BCUT2D eigenvalue weighted by Crippen LogP contribution is -2.63. The van der Waals surface area contributed by atoms with Gasteiger partial charge in [-0.25, -0.2) is 17.9 Å². The molecular weight excluding hydrogens is 463 g/mol. The first kappa shape index (κ1) is 24.3. The second-order valence-electron chi connectivity index (χ2n) is 7.09. The molecular formula is C21H20F3N3O5S. The molecule has 12 heteroatoms. The van der Waals surface area contributed by atoms with Crippen molar-refractivity contribution in [1.82, 2.24) is 14.1 Å². The van der Waals surface area contributed by atoms with E-state index in [1.165, 1.54) is 49.0 Å². The van der Waals surface area contributed by atoms with Gasteiger partial charge < -0.3 is 4.74 Å². The van der Waals surface area contributed by atoms with Gasteiger partial charge >= 0.3 is 12.1 Å². The van der Waals surface area contributed by atoms with Crippen molar-refractivity contribution in [2.45, 2.75) is 23.5 Å². The molecule has 0 saturated carbocycles. The maximum Gasteiger partial charge on any atom is 0.422 e. The van der Waals surface area contributed by atoms with Crippen LogP contribution in [0, 0.1) is 6.92 Å². The van der Waals surface area contributed by atoms with Gasteiger partial charge in [0.15, 0.2) is 0 Å². The Morgan fingerprint density at radius 2 is 1.52 bits per heavy atom. The molecule has 1 aromatic heterocycles. The Labute approximate surface area is 187 Å². The van der Waals surface area contributed by atoms with E-state index in [1.54, 1.807) is 18.2 Å². The van der Waals surface area contributed by atoms with E-state index in [1.807, 2.05) is 0 Å². The van der Waals surface area contributed by atoms with Gasteiger partial charge in [0.1, 0.15) is 0 Å². The predicted molar refractivity (Wildman–Crippen MR) is 112 cm³/mol. The Kier molecular flexibility index (Phi) is 6.27. The van der Waals surface area contributed by atoms with Crippen LogP contribution in [-0.2, 0) is 32.1 Å². The molecule has 8 nitrogen and oxygen atoms in total. The second-order valence-corrected chi connectivity index (χ2v) is 8.78. The molecule has 0 saturated heterocycles.